The molecule has 4 rings (SSSR count). The van der Waals surface area contributed by atoms with Crippen molar-refractivity contribution in [3.05, 3.63) is 58.5 Å². The Morgan fingerprint density at radius 2 is 2.13 bits per heavy atom. The van der Waals surface area contributed by atoms with Gasteiger partial charge in [-0.1, -0.05) is 36.0 Å². The summed E-state index contributed by atoms with van der Waals surface area (Å²) in [5, 5.41) is 10.8. The molecule has 0 saturated carbocycles. The summed E-state index contributed by atoms with van der Waals surface area (Å²) in [6, 6.07) is 11.5. The molecule has 158 valence electrons. The van der Waals surface area contributed by atoms with Gasteiger partial charge in [0.05, 0.1) is 29.5 Å². The fourth-order valence-corrected chi connectivity index (χ4v) is 6.78. The van der Waals surface area contributed by atoms with Crippen LogP contribution in [0.15, 0.2) is 53.3 Å². The monoisotopic (exact) mass is 462 g/mol. The zero-order chi connectivity index (χ0) is 21.1. The minimum absolute atomic E-state index is 0.0359. The SMILES string of the molecule is Cc1ccccc1-n1cnnc1SCC(=O)N(Cc1cccs1)C1CCS(=O)(=O)C1. The van der Waals surface area contributed by atoms with Crippen LogP contribution in [-0.4, -0.2) is 57.3 Å². The Morgan fingerprint density at radius 3 is 2.83 bits per heavy atom. The van der Waals surface area contributed by atoms with E-state index in [1.165, 1.54) is 11.8 Å². The number of carbonyl (C=O) groups excluding carboxylic acids is 1. The van der Waals surface area contributed by atoms with Crippen molar-refractivity contribution in [1.29, 1.82) is 0 Å². The number of sulfone groups is 1. The highest BCUT2D eigenvalue weighted by Crippen LogP contribution is 2.25. The molecule has 1 aliphatic heterocycles. The Bertz CT molecular complexity index is 1130. The number of benzene rings is 1. The van der Waals surface area contributed by atoms with Gasteiger partial charge in [0.2, 0.25) is 5.91 Å². The number of hydrogen-bond acceptors (Lipinski definition) is 7. The van der Waals surface area contributed by atoms with Gasteiger partial charge in [-0.2, -0.15) is 0 Å². The quantitative estimate of drug-likeness (QED) is 0.502. The van der Waals surface area contributed by atoms with E-state index in [4.69, 9.17) is 0 Å². The molecule has 1 aliphatic rings. The summed E-state index contributed by atoms with van der Waals surface area (Å²) in [5.74, 6) is 0.260. The molecular weight excluding hydrogens is 440 g/mol. The number of amides is 1. The molecule has 0 aliphatic carbocycles. The van der Waals surface area contributed by atoms with Crippen LogP contribution >= 0.6 is 23.1 Å². The van der Waals surface area contributed by atoms with Crippen molar-refractivity contribution < 1.29 is 13.2 Å². The maximum Gasteiger partial charge on any atom is 0.233 e. The molecule has 10 heteroatoms. The lowest BCUT2D eigenvalue weighted by molar-refractivity contribution is -0.130. The van der Waals surface area contributed by atoms with Crippen LogP contribution in [0.1, 0.15) is 16.9 Å². The lowest BCUT2D eigenvalue weighted by Gasteiger charge is -2.27. The predicted octanol–water partition coefficient (Wildman–Crippen LogP) is 2.95. The minimum atomic E-state index is -3.08. The van der Waals surface area contributed by atoms with Crippen molar-refractivity contribution >= 4 is 38.8 Å². The van der Waals surface area contributed by atoms with Crippen LogP contribution in [-0.2, 0) is 21.2 Å². The maximum atomic E-state index is 13.1. The zero-order valence-electron chi connectivity index (χ0n) is 16.5. The first-order chi connectivity index (χ1) is 14.4. The van der Waals surface area contributed by atoms with Gasteiger partial charge < -0.3 is 4.90 Å². The highest BCUT2D eigenvalue weighted by molar-refractivity contribution is 7.99. The molecule has 1 aromatic carbocycles. The molecule has 3 aromatic rings. The van der Waals surface area contributed by atoms with Crippen LogP contribution in [0.4, 0.5) is 0 Å². The smallest absolute Gasteiger partial charge is 0.233 e. The number of carbonyl (C=O) groups is 1. The Hall–Kier alpha value is -2.17. The number of nitrogens with zero attached hydrogens (tertiary/aromatic N) is 4. The van der Waals surface area contributed by atoms with E-state index in [1.807, 2.05) is 53.3 Å². The summed E-state index contributed by atoms with van der Waals surface area (Å²) >= 11 is 2.88. The fraction of sp³-hybridized carbons (Fsp3) is 0.350. The molecule has 0 spiro atoms. The van der Waals surface area contributed by atoms with Gasteiger partial charge in [0.1, 0.15) is 6.33 Å². The second-order valence-electron chi connectivity index (χ2n) is 7.22. The van der Waals surface area contributed by atoms with Crippen LogP contribution < -0.4 is 0 Å². The summed E-state index contributed by atoms with van der Waals surface area (Å²) in [5.41, 5.74) is 2.05. The molecule has 1 unspecified atom stereocenters. The highest BCUT2D eigenvalue weighted by Gasteiger charge is 2.34. The van der Waals surface area contributed by atoms with Crippen LogP contribution in [0.25, 0.3) is 5.69 Å². The van der Waals surface area contributed by atoms with E-state index < -0.39 is 9.84 Å². The molecule has 2 aromatic heterocycles. The van der Waals surface area contributed by atoms with Crippen LogP contribution in [0.5, 0.6) is 0 Å². The molecule has 3 heterocycles. The average molecular weight is 463 g/mol. The summed E-state index contributed by atoms with van der Waals surface area (Å²) in [6.07, 6.45) is 2.13. The normalized spacial score (nSPS) is 17.8. The van der Waals surface area contributed by atoms with Crippen LogP contribution in [0.2, 0.25) is 0 Å². The first kappa shape index (κ1) is 21.1. The third kappa shape index (κ3) is 4.76. The molecule has 1 saturated heterocycles. The maximum absolute atomic E-state index is 13.1. The molecule has 1 amide bonds. The number of aryl methyl sites for hydroxylation is 1. The molecule has 1 atom stereocenters. The summed E-state index contributed by atoms with van der Waals surface area (Å²) in [6.45, 7) is 2.44. The Kier molecular flexibility index (Phi) is 6.26. The van der Waals surface area contributed by atoms with E-state index in [0.717, 1.165) is 16.1 Å². The minimum Gasteiger partial charge on any atom is -0.333 e. The van der Waals surface area contributed by atoms with Gasteiger partial charge in [0.25, 0.3) is 0 Å². The van der Waals surface area contributed by atoms with Gasteiger partial charge in [0, 0.05) is 10.9 Å². The van der Waals surface area contributed by atoms with E-state index in [1.54, 1.807) is 22.6 Å². The van der Waals surface area contributed by atoms with Gasteiger partial charge in [-0.3, -0.25) is 9.36 Å². The molecule has 0 N–H and O–H groups in total. The van der Waals surface area contributed by atoms with Gasteiger partial charge in [-0.25, -0.2) is 8.42 Å². The molecular formula is C20H22N4O3S3. The van der Waals surface area contributed by atoms with Crippen molar-refractivity contribution in [2.45, 2.75) is 31.1 Å². The number of thiophene rings is 1. The average Bonchev–Trinajstić information content (AvgIpc) is 3.45. The Balaban J connectivity index is 1.50. The first-order valence-electron chi connectivity index (χ1n) is 9.54. The van der Waals surface area contributed by atoms with Crippen molar-refractivity contribution in [2.24, 2.45) is 0 Å². The first-order valence-corrected chi connectivity index (χ1v) is 13.2. The molecule has 30 heavy (non-hydrogen) atoms. The standard InChI is InChI=1S/C20H22N4O3S3/c1-15-5-2-3-7-18(15)24-14-21-22-20(24)29-12-19(25)23(11-17-6-4-9-28-17)16-8-10-30(26,27)13-16/h2-7,9,14,16H,8,10-13H2,1H3. The van der Waals surface area contributed by atoms with E-state index in [-0.39, 0.29) is 29.2 Å². The lowest BCUT2D eigenvalue weighted by Crippen LogP contribution is -2.41. The van der Waals surface area contributed by atoms with Crippen molar-refractivity contribution in [3.63, 3.8) is 0 Å². The molecule has 7 nitrogen and oxygen atoms in total. The fourth-order valence-electron chi connectivity index (χ4n) is 3.54. The molecule has 0 bridgehead atoms. The summed E-state index contributed by atoms with van der Waals surface area (Å²) < 4.78 is 25.8. The number of aromatic nitrogens is 3. The Morgan fingerprint density at radius 1 is 1.30 bits per heavy atom. The van der Waals surface area contributed by atoms with Gasteiger partial charge >= 0.3 is 0 Å². The number of thioether (sulfide) groups is 1. The van der Waals surface area contributed by atoms with E-state index in [2.05, 4.69) is 10.2 Å². The molecule has 1 fully saturated rings. The Labute approximate surface area is 184 Å². The second kappa shape index (κ2) is 8.91. The number of para-hydroxylation sites is 1. The summed E-state index contributed by atoms with van der Waals surface area (Å²) in [7, 11) is -3.08. The van der Waals surface area contributed by atoms with E-state index in [0.29, 0.717) is 18.1 Å². The summed E-state index contributed by atoms with van der Waals surface area (Å²) in [4.78, 5) is 15.9. The second-order valence-corrected chi connectivity index (χ2v) is 11.4. The zero-order valence-corrected chi connectivity index (χ0v) is 18.9. The van der Waals surface area contributed by atoms with Crippen molar-refractivity contribution in [1.82, 2.24) is 19.7 Å². The predicted molar refractivity (Wildman–Crippen MR) is 119 cm³/mol. The van der Waals surface area contributed by atoms with Crippen molar-refractivity contribution in [2.75, 3.05) is 17.3 Å². The van der Waals surface area contributed by atoms with E-state index >= 15 is 0 Å². The highest BCUT2D eigenvalue weighted by atomic mass is 32.2. The van der Waals surface area contributed by atoms with E-state index in [9.17, 15) is 13.2 Å². The topological polar surface area (TPSA) is 85.2 Å². The number of rotatable bonds is 7. The van der Waals surface area contributed by atoms with Crippen LogP contribution in [0, 0.1) is 6.92 Å². The van der Waals surface area contributed by atoms with Gasteiger partial charge in [-0.15, -0.1) is 21.5 Å². The largest absolute Gasteiger partial charge is 0.333 e. The van der Waals surface area contributed by atoms with Gasteiger partial charge in [0.15, 0.2) is 15.0 Å². The third-order valence-electron chi connectivity index (χ3n) is 5.09. The molecule has 0 radical (unpaired) electrons. The lowest BCUT2D eigenvalue weighted by atomic mass is 10.2. The van der Waals surface area contributed by atoms with Crippen molar-refractivity contribution in [3.8, 4) is 5.69 Å². The van der Waals surface area contributed by atoms with Crippen LogP contribution in [0.3, 0.4) is 0 Å². The van der Waals surface area contributed by atoms with Gasteiger partial charge in [-0.05, 0) is 36.4 Å². The third-order valence-corrected chi connectivity index (χ3v) is 8.63. The number of hydrogen-bond donors (Lipinski definition) is 0.